The second kappa shape index (κ2) is 7.23. The van der Waals surface area contributed by atoms with Gasteiger partial charge in [0.15, 0.2) is 0 Å². The van der Waals surface area contributed by atoms with Crippen molar-refractivity contribution in [2.24, 2.45) is 0 Å². The Bertz CT molecular complexity index is 420. The third-order valence-corrected chi connectivity index (χ3v) is 3.45. The first-order valence-electron chi connectivity index (χ1n) is 5.76. The Morgan fingerprint density at radius 1 is 1.39 bits per heavy atom. The highest BCUT2D eigenvalue weighted by atomic mass is 32.2. The van der Waals surface area contributed by atoms with Gasteiger partial charge in [-0.15, -0.1) is 0 Å². The lowest BCUT2D eigenvalue weighted by Gasteiger charge is -2.12. The monoisotopic (exact) mass is 270 g/mol. The topological polar surface area (TPSA) is 72.2 Å². The minimum Gasteiger partial charge on any atom is -0.310 e. The zero-order valence-corrected chi connectivity index (χ0v) is 11.4. The van der Waals surface area contributed by atoms with Crippen LogP contribution in [0.2, 0.25) is 0 Å². The molecule has 0 aliphatic carbocycles. The van der Waals surface area contributed by atoms with Crippen LogP contribution < -0.4 is 5.32 Å². The molecule has 0 bridgehead atoms. The van der Waals surface area contributed by atoms with Crippen LogP contribution >= 0.6 is 0 Å². The van der Waals surface area contributed by atoms with Crippen molar-refractivity contribution in [3.8, 4) is 0 Å². The van der Waals surface area contributed by atoms with E-state index in [1.165, 1.54) is 12.1 Å². The molecule has 0 amide bonds. The Balaban J connectivity index is 2.39. The van der Waals surface area contributed by atoms with Gasteiger partial charge in [-0.3, -0.25) is 14.3 Å². The molecule has 5 nitrogen and oxygen atoms in total. The third kappa shape index (κ3) is 5.37. The first-order valence-corrected chi connectivity index (χ1v) is 7.48. The van der Waals surface area contributed by atoms with Gasteiger partial charge in [-0.25, -0.2) is 0 Å². The number of non-ortho nitro benzene ring substituents is 1. The van der Waals surface area contributed by atoms with Gasteiger partial charge >= 0.3 is 0 Å². The van der Waals surface area contributed by atoms with Gasteiger partial charge in [-0.05, 0) is 18.9 Å². The molecule has 1 rings (SSSR count). The first-order chi connectivity index (χ1) is 8.49. The quantitative estimate of drug-likeness (QED) is 0.606. The molecule has 100 valence electrons. The molecule has 0 saturated heterocycles. The van der Waals surface area contributed by atoms with Gasteiger partial charge in [0.2, 0.25) is 0 Å². The molecule has 0 fully saturated rings. The standard InChI is InChI=1S/C12H18N2O3S/c1-10(7-8-18(2)17)13-9-11-3-5-12(6-4-11)14(15)16/h3-6,10,13H,7-9H2,1-2H3. The maximum Gasteiger partial charge on any atom is 0.269 e. The normalized spacial score (nSPS) is 14.1. The lowest BCUT2D eigenvalue weighted by molar-refractivity contribution is -0.384. The Labute approximate surface area is 109 Å². The molecular formula is C12H18N2O3S. The van der Waals surface area contributed by atoms with E-state index in [1.807, 2.05) is 6.92 Å². The number of hydrogen-bond donors (Lipinski definition) is 1. The van der Waals surface area contributed by atoms with Crippen LogP contribution in [-0.2, 0) is 17.3 Å². The summed E-state index contributed by atoms with van der Waals surface area (Å²) in [6.45, 7) is 2.70. The average Bonchev–Trinajstić information content (AvgIpc) is 2.34. The SMILES string of the molecule is CC(CCS(C)=O)NCc1ccc([N+](=O)[O-])cc1. The number of nitro groups is 1. The van der Waals surface area contributed by atoms with Gasteiger partial charge in [0, 0.05) is 47.5 Å². The van der Waals surface area contributed by atoms with Crippen LogP contribution in [0, 0.1) is 10.1 Å². The zero-order chi connectivity index (χ0) is 13.5. The van der Waals surface area contributed by atoms with Crippen LogP contribution in [0.3, 0.4) is 0 Å². The van der Waals surface area contributed by atoms with Crippen molar-refractivity contribution in [3.05, 3.63) is 39.9 Å². The van der Waals surface area contributed by atoms with Gasteiger partial charge in [-0.2, -0.15) is 0 Å². The number of nitro benzene ring substituents is 1. The van der Waals surface area contributed by atoms with Crippen LogP contribution in [0.1, 0.15) is 18.9 Å². The highest BCUT2D eigenvalue weighted by Gasteiger charge is 2.05. The van der Waals surface area contributed by atoms with E-state index >= 15 is 0 Å². The van der Waals surface area contributed by atoms with Gasteiger partial charge in [-0.1, -0.05) is 12.1 Å². The predicted octanol–water partition coefficient (Wildman–Crippen LogP) is 1.84. The molecule has 0 aliphatic heterocycles. The van der Waals surface area contributed by atoms with E-state index in [0.29, 0.717) is 12.3 Å². The minimum absolute atomic E-state index is 0.105. The minimum atomic E-state index is -0.758. The van der Waals surface area contributed by atoms with Crippen LogP contribution in [0.25, 0.3) is 0 Å². The summed E-state index contributed by atoms with van der Waals surface area (Å²) in [4.78, 5) is 10.1. The van der Waals surface area contributed by atoms with Crippen LogP contribution in [-0.4, -0.2) is 27.2 Å². The van der Waals surface area contributed by atoms with E-state index in [2.05, 4.69) is 5.32 Å². The molecule has 18 heavy (non-hydrogen) atoms. The molecule has 2 unspecified atom stereocenters. The van der Waals surface area contributed by atoms with E-state index < -0.39 is 15.7 Å². The first kappa shape index (κ1) is 14.8. The van der Waals surface area contributed by atoms with E-state index in [-0.39, 0.29) is 11.7 Å². The molecule has 1 aromatic rings. The molecule has 6 heteroatoms. The second-order valence-electron chi connectivity index (χ2n) is 4.27. The average molecular weight is 270 g/mol. The summed E-state index contributed by atoms with van der Waals surface area (Å²) in [7, 11) is -0.758. The molecule has 2 atom stereocenters. The third-order valence-electron chi connectivity index (χ3n) is 2.64. The highest BCUT2D eigenvalue weighted by molar-refractivity contribution is 7.84. The summed E-state index contributed by atoms with van der Waals surface area (Å²) < 4.78 is 10.9. The summed E-state index contributed by atoms with van der Waals surface area (Å²) in [5.41, 5.74) is 1.11. The largest absolute Gasteiger partial charge is 0.310 e. The fourth-order valence-corrected chi connectivity index (χ4v) is 2.16. The van der Waals surface area contributed by atoms with Crippen LogP contribution in [0.15, 0.2) is 24.3 Å². The zero-order valence-electron chi connectivity index (χ0n) is 10.6. The molecule has 0 radical (unpaired) electrons. The molecule has 1 aromatic carbocycles. The lowest BCUT2D eigenvalue weighted by atomic mass is 10.2. The van der Waals surface area contributed by atoms with Crippen molar-refractivity contribution in [1.29, 1.82) is 0 Å². The van der Waals surface area contributed by atoms with E-state index in [9.17, 15) is 14.3 Å². The summed E-state index contributed by atoms with van der Waals surface area (Å²) in [5, 5.41) is 13.8. The number of nitrogens with zero attached hydrogens (tertiary/aromatic N) is 1. The van der Waals surface area contributed by atoms with Crippen LogP contribution in [0.5, 0.6) is 0 Å². The molecule has 0 heterocycles. The highest BCUT2D eigenvalue weighted by Crippen LogP contribution is 2.11. The van der Waals surface area contributed by atoms with Gasteiger partial charge < -0.3 is 5.32 Å². The number of hydrogen-bond acceptors (Lipinski definition) is 4. The Kier molecular flexibility index (Phi) is 5.94. The maximum atomic E-state index is 10.9. The second-order valence-corrected chi connectivity index (χ2v) is 5.83. The summed E-state index contributed by atoms with van der Waals surface area (Å²) in [6.07, 6.45) is 2.55. The van der Waals surface area contributed by atoms with Crippen molar-refractivity contribution in [2.75, 3.05) is 12.0 Å². The van der Waals surface area contributed by atoms with Gasteiger partial charge in [0.25, 0.3) is 5.69 Å². The molecule has 0 aliphatic rings. The smallest absolute Gasteiger partial charge is 0.269 e. The van der Waals surface area contributed by atoms with E-state index in [4.69, 9.17) is 0 Å². The molecular weight excluding hydrogens is 252 g/mol. The molecule has 0 aromatic heterocycles. The number of nitrogens with one attached hydrogen (secondary N) is 1. The van der Waals surface area contributed by atoms with Crippen molar-refractivity contribution in [3.63, 3.8) is 0 Å². The van der Waals surface area contributed by atoms with E-state index in [0.717, 1.165) is 12.0 Å². The summed E-state index contributed by atoms with van der Waals surface area (Å²) in [5.74, 6) is 0.689. The maximum absolute atomic E-state index is 10.9. The van der Waals surface area contributed by atoms with Crippen molar-refractivity contribution in [1.82, 2.24) is 5.32 Å². The van der Waals surface area contributed by atoms with Crippen molar-refractivity contribution >= 4 is 16.5 Å². The molecule has 0 saturated carbocycles. The molecule has 0 spiro atoms. The van der Waals surface area contributed by atoms with Crippen molar-refractivity contribution in [2.45, 2.75) is 25.9 Å². The summed E-state index contributed by atoms with van der Waals surface area (Å²) in [6, 6.07) is 6.78. The molecule has 1 N–H and O–H groups in total. The van der Waals surface area contributed by atoms with E-state index in [1.54, 1.807) is 18.4 Å². The Morgan fingerprint density at radius 2 is 2.00 bits per heavy atom. The van der Waals surface area contributed by atoms with Crippen LogP contribution in [0.4, 0.5) is 5.69 Å². The van der Waals surface area contributed by atoms with Crippen molar-refractivity contribution < 1.29 is 9.13 Å². The fourth-order valence-electron chi connectivity index (χ4n) is 1.47. The lowest BCUT2D eigenvalue weighted by Crippen LogP contribution is -2.26. The number of rotatable bonds is 7. The predicted molar refractivity (Wildman–Crippen MR) is 72.9 cm³/mol. The Hall–Kier alpha value is -1.27. The Morgan fingerprint density at radius 3 is 2.50 bits per heavy atom. The number of benzene rings is 1. The summed E-state index contributed by atoms with van der Waals surface area (Å²) >= 11 is 0. The fraction of sp³-hybridized carbons (Fsp3) is 0.500. The van der Waals surface area contributed by atoms with Gasteiger partial charge in [0.1, 0.15) is 0 Å². The van der Waals surface area contributed by atoms with Gasteiger partial charge in [0.05, 0.1) is 4.92 Å².